The molecular weight excluding hydrogens is 432 g/mol. The van der Waals surface area contributed by atoms with Gasteiger partial charge in [-0.2, -0.15) is 52.7 Å². The Kier molecular flexibility index (Phi) is 7.77. The van der Waals surface area contributed by atoms with Crippen LogP contribution in [0.25, 0.3) is 0 Å². The summed E-state index contributed by atoms with van der Waals surface area (Å²) in [6.07, 6.45) is -36.2. The van der Waals surface area contributed by atoms with Crippen molar-refractivity contribution in [2.75, 3.05) is 0 Å². The number of alkyl halides is 12. The van der Waals surface area contributed by atoms with Gasteiger partial charge in [0.2, 0.25) is 0 Å². The van der Waals surface area contributed by atoms with Crippen LogP contribution in [0.15, 0.2) is 0 Å². The van der Waals surface area contributed by atoms with Crippen molar-refractivity contribution < 1.29 is 67.6 Å². The Morgan fingerprint density at radius 3 is 1.07 bits per heavy atom. The molecule has 0 saturated carbocycles. The normalized spacial score (nSPS) is 16.6. The summed E-state index contributed by atoms with van der Waals surface area (Å²) >= 11 is 0. The molecule has 0 bridgehead atoms. The molecule has 0 aliphatic heterocycles. The Labute approximate surface area is 150 Å². The SMILES string of the molecule is CCC(C)OC(CC(O)(C(F)(F)F)C(F)(F)F)CC(O)(C(F)(F)F)C(F)(F)F. The topological polar surface area (TPSA) is 49.7 Å². The molecule has 170 valence electrons. The zero-order valence-corrected chi connectivity index (χ0v) is 14.1. The van der Waals surface area contributed by atoms with Crippen LogP contribution in [-0.4, -0.2) is 58.3 Å². The molecule has 0 aromatic carbocycles. The monoisotopic (exact) mass is 448 g/mol. The molecule has 2 N–H and O–H groups in total. The summed E-state index contributed by atoms with van der Waals surface area (Å²) in [5, 5.41) is 18.1. The number of aliphatic hydroxyl groups is 2. The van der Waals surface area contributed by atoms with Gasteiger partial charge in [-0.25, -0.2) is 0 Å². The maximum Gasteiger partial charge on any atom is 0.426 e. The van der Waals surface area contributed by atoms with E-state index in [0.29, 0.717) is 0 Å². The van der Waals surface area contributed by atoms with Crippen molar-refractivity contribution in [3.8, 4) is 0 Å². The Hall–Kier alpha value is -0.960. The number of hydrogen-bond donors (Lipinski definition) is 2. The predicted molar refractivity (Wildman–Crippen MR) is 68.0 cm³/mol. The average molecular weight is 448 g/mol. The van der Waals surface area contributed by atoms with Gasteiger partial charge in [0.25, 0.3) is 11.2 Å². The molecule has 0 aromatic rings. The van der Waals surface area contributed by atoms with E-state index in [-0.39, 0.29) is 6.42 Å². The summed E-state index contributed by atoms with van der Waals surface area (Å²) in [6.45, 7) is 2.18. The molecule has 0 amide bonds. The summed E-state index contributed by atoms with van der Waals surface area (Å²) in [6, 6.07) is 0. The van der Waals surface area contributed by atoms with E-state index in [1.54, 1.807) is 0 Å². The molecule has 0 radical (unpaired) electrons. The highest BCUT2D eigenvalue weighted by Gasteiger charge is 2.74. The Bertz CT molecular complexity index is 437. The predicted octanol–water partition coefficient (Wildman–Crippen LogP) is 4.66. The zero-order chi connectivity index (χ0) is 23.0. The highest BCUT2D eigenvalue weighted by atomic mass is 19.4. The van der Waals surface area contributed by atoms with Crippen molar-refractivity contribution in [2.24, 2.45) is 0 Å². The van der Waals surface area contributed by atoms with Crippen LogP contribution in [0, 0.1) is 0 Å². The summed E-state index contributed by atoms with van der Waals surface area (Å²) in [4.78, 5) is 0. The molecular formula is C13H16F12O3. The minimum absolute atomic E-state index is 0.219. The molecule has 0 fully saturated rings. The van der Waals surface area contributed by atoms with Crippen LogP contribution in [0.5, 0.6) is 0 Å². The Morgan fingerprint density at radius 2 is 0.893 bits per heavy atom. The lowest BCUT2D eigenvalue weighted by Gasteiger charge is -2.39. The van der Waals surface area contributed by atoms with Crippen molar-refractivity contribution >= 4 is 0 Å². The zero-order valence-electron chi connectivity index (χ0n) is 14.1. The van der Waals surface area contributed by atoms with Gasteiger partial charge >= 0.3 is 24.7 Å². The van der Waals surface area contributed by atoms with Crippen molar-refractivity contribution in [1.29, 1.82) is 0 Å². The second-order valence-electron chi connectivity index (χ2n) is 6.10. The Morgan fingerprint density at radius 1 is 0.643 bits per heavy atom. The molecule has 0 aliphatic carbocycles. The van der Waals surface area contributed by atoms with E-state index in [4.69, 9.17) is 10.2 Å². The van der Waals surface area contributed by atoms with Gasteiger partial charge in [-0.05, 0) is 13.3 Å². The molecule has 0 saturated heterocycles. The molecule has 1 unspecified atom stereocenters. The first kappa shape index (κ1) is 27.0. The van der Waals surface area contributed by atoms with Crippen LogP contribution in [-0.2, 0) is 4.74 Å². The van der Waals surface area contributed by atoms with Crippen molar-refractivity contribution in [3.63, 3.8) is 0 Å². The summed E-state index contributed by atoms with van der Waals surface area (Å²) in [5.74, 6) is 0. The van der Waals surface area contributed by atoms with Gasteiger partial charge in [-0.15, -0.1) is 0 Å². The minimum Gasteiger partial charge on any atom is -0.375 e. The van der Waals surface area contributed by atoms with Gasteiger partial charge < -0.3 is 14.9 Å². The third-order valence-electron chi connectivity index (χ3n) is 3.92. The highest BCUT2D eigenvalue weighted by Crippen LogP contribution is 2.50. The van der Waals surface area contributed by atoms with E-state index in [2.05, 4.69) is 4.74 Å². The lowest BCUT2D eigenvalue weighted by atomic mass is 9.86. The molecule has 0 rings (SSSR count). The maximum atomic E-state index is 12.7. The first-order valence-corrected chi connectivity index (χ1v) is 7.40. The van der Waals surface area contributed by atoms with E-state index in [9.17, 15) is 52.7 Å². The van der Waals surface area contributed by atoms with Gasteiger partial charge in [0.1, 0.15) is 0 Å². The van der Waals surface area contributed by atoms with Gasteiger partial charge in [0.15, 0.2) is 0 Å². The van der Waals surface area contributed by atoms with E-state index in [1.807, 2.05) is 0 Å². The van der Waals surface area contributed by atoms with Crippen LogP contribution in [0.1, 0.15) is 33.1 Å². The van der Waals surface area contributed by atoms with Crippen molar-refractivity contribution in [1.82, 2.24) is 0 Å². The quantitative estimate of drug-likeness (QED) is 0.558. The molecule has 0 heterocycles. The van der Waals surface area contributed by atoms with Gasteiger partial charge in [-0.1, -0.05) is 6.92 Å². The first-order valence-electron chi connectivity index (χ1n) is 7.40. The molecule has 0 spiro atoms. The van der Waals surface area contributed by atoms with Crippen LogP contribution < -0.4 is 0 Å². The number of halogens is 12. The number of ether oxygens (including phenoxy) is 1. The van der Waals surface area contributed by atoms with Crippen molar-refractivity contribution in [3.05, 3.63) is 0 Å². The van der Waals surface area contributed by atoms with Gasteiger partial charge in [0, 0.05) is 12.8 Å². The highest BCUT2D eigenvalue weighted by molar-refractivity contribution is 5.01. The van der Waals surface area contributed by atoms with Crippen LogP contribution in [0.3, 0.4) is 0 Å². The Balaban J connectivity index is 6.23. The lowest BCUT2D eigenvalue weighted by Crippen LogP contribution is -2.62. The van der Waals surface area contributed by atoms with E-state index >= 15 is 0 Å². The van der Waals surface area contributed by atoms with E-state index in [1.165, 1.54) is 6.92 Å². The van der Waals surface area contributed by atoms with Crippen molar-refractivity contribution in [2.45, 2.75) is 81.2 Å². The fourth-order valence-electron chi connectivity index (χ4n) is 2.04. The van der Waals surface area contributed by atoms with Gasteiger partial charge in [0.05, 0.1) is 12.2 Å². The second kappa shape index (κ2) is 8.05. The van der Waals surface area contributed by atoms with Crippen LogP contribution >= 0.6 is 0 Å². The maximum absolute atomic E-state index is 12.7. The second-order valence-corrected chi connectivity index (χ2v) is 6.10. The number of rotatable bonds is 7. The average Bonchev–Trinajstić information content (AvgIpc) is 2.41. The first-order chi connectivity index (χ1) is 12.0. The molecule has 0 aliphatic rings. The molecule has 0 aromatic heterocycles. The van der Waals surface area contributed by atoms with E-state index in [0.717, 1.165) is 6.92 Å². The van der Waals surface area contributed by atoms with Crippen LogP contribution in [0.2, 0.25) is 0 Å². The molecule has 28 heavy (non-hydrogen) atoms. The summed E-state index contributed by atoms with van der Waals surface area (Å²) < 4.78 is 157. The lowest BCUT2D eigenvalue weighted by molar-refractivity contribution is -0.388. The number of hydrogen-bond acceptors (Lipinski definition) is 3. The molecule has 15 heteroatoms. The summed E-state index contributed by atoms with van der Waals surface area (Å²) in [5.41, 5.74) is -11.3. The smallest absolute Gasteiger partial charge is 0.375 e. The molecule has 3 nitrogen and oxygen atoms in total. The van der Waals surface area contributed by atoms with Crippen LogP contribution in [0.4, 0.5) is 52.7 Å². The third kappa shape index (κ3) is 5.55. The van der Waals surface area contributed by atoms with E-state index < -0.39 is 61.0 Å². The standard InChI is InChI=1S/C13H16F12O3/c1-3-6(2)28-7(4-8(26,10(14,15)16)11(17,18)19)5-9(27,12(20,21)22)13(23,24)25/h6-7,26-27H,3-5H2,1-2H3. The fraction of sp³-hybridized carbons (Fsp3) is 1.00. The summed E-state index contributed by atoms with van der Waals surface area (Å²) in [7, 11) is 0. The fourth-order valence-corrected chi connectivity index (χ4v) is 2.04. The third-order valence-corrected chi connectivity index (χ3v) is 3.92. The minimum atomic E-state index is -6.50. The largest absolute Gasteiger partial charge is 0.426 e. The molecule has 1 atom stereocenters. The van der Waals surface area contributed by atoms with Gasteiger partial charge in [-0.3, -0.25) is 0 Å².